The molecule has 0 bridgehead atoms. The molecular formula is C19H26ClNO3. The van der Waals surface area contributed by atoms with Crippen molar-refractivity contribution in [1.82, 2.24) is 5.32 Å². The molecule has 4 nitrogen and oxygen atoms in total. The van der Waals surface area contributed by atoms with E-state index in [0.29, 0.717) is 6.54 Å². The SMILES string of the molecule is CC(C)(CCc1ccc(O)cc1)NCC(O)c1ccc(O)cc1.Cl. The van der Waals surface area contributed by atoms with Gasteiger partial charge in [-0.15, -0.1) is 12.4 Å². The summed E-state index contributed by atoms with van der Waals surface area (Å²) >= 11 is 0. The second-order valence-electron chi connectivity index (χ2n) is 6.54. The summed E-state index contributed by atoms with van der Waals surface area (Å²) in [6, 6.07) is 13.9. The lowest BCUT2D eigenvalue weighted by Crippen LogP contribution is -2.41. The quantitative estimate of drug-likeness (QED) is 0.615. The highest BCUT2D eigenvalue weighted by Crippen LogP contribution is 2.19. The minimum atomic E-state index is -0.608. The number of halogens is 1. The number of aromatic hydroxyl groups is 2. The van der Waals surface area contributed by atoms with Crippen LogP contribution in [0.5, 0.6) is 11.5 Å². The molecule has 1 atom stereocenters. The van der Waals surface area contributed by atoms with Crippen molar-refractivity contribution in [2.45, 2.75) is 38.3 Å². The zero-order chi connectivity index (χ0) is 16.9. The average molecular weight is 352 g/mol. The maximum atomic E-state index is 10.2. The van der Waals surface area contributed by atoms with Crippen molar-refractivity contribution in [3.8, 4) is 11.5 Å². The van der Waals surface area contributed by atoms with Crippen molar-refractivity contribution in [2.75, 3.05) is 6.54 Å². The third-order valence-electron chi connectivity index (χ3n) is 4.03. The highest BCUT2D eigenvalue weighted by molar-refractivity contribution is 5.85. The number of nitrogens with one attached hydrogen (secondary N) is 1. The molecule has 5 heteroatoms. The summed E-state index contributed by atoms with van der Waals surface area (Å²) in [5, 5.41) is 32.2. The Hall–Kier alpha value is -1.75. The van der Waals surface area contributed by atoms with Gasteiger partial charge in [-0.2, -0.15) is 0 Å². The van der Waals surface area contributed by atoms with Crippen LogP contribution in [0.25, 0.3) is 0 Å². The first-order valence-electron chi connectivity index (χ1n) is 7.86. The van der Waals surface area contributed by atoms with Crippen LogP contribution in [-0.2, 0) is 6.42 Å². The Kier molecular flexibility index (Phi) is 7.55. The molecule has 4 N–H and O–H groups in total. The summed E-state index contributed by atoms with van der Waals surface area (Å²) in [5.41, 5.74) is 1.84. The van der Waals surface area contributed by atoms with E-state index in [1.54, 1.807) is 36.4 Å². The predicted octanol–water partition coefficient (Wildman–Crippen LogP) is 3.55. The van der Waals surface area contributed by atoms with Gasteiger partial charge >= 0.3 is 0 Å². The Morgan fingerprint density at radius 1 is 0.917 bits per heavy atom. The van der Waals surface area contributed by atoms with E-state index < -0.39 is 6.10 Å². The molecule has 0 aliphatic carbocycles. The van der Waals surface area contributed by atoms with Gasteiger partial charge in [-0.1, -0.05) is 24.3 Å². The van der Waals surface area contributed by atoms with Crippen molar-refractivity contribution in [3.05, 3.63) is 59.7 Å². The second kappa shape index (κ2) is 8.92. The van der Waals surface area contributed by atoms with Gasteiger partial charge in [0.25, 0.3) is 0 Å². The largest absolute Gasteiger partial charge is 0.508 e. The Bertz CT molecular complexity index is 612. The molecule has 1 unspecified atom stereocenters. The van der Waals surface area contributed by atoms with Gasteiger partial charge in [-0.3, -0.25) is 0 Å². The Labute approximate surface area is 149 Å². The van der Waals surface area contributed by atoms with Crippen molar-refractivity contribution < 1.29 is 15.3 Å². The van der Waals surface area contributed by atoms with E-state index in [0.717, 1.165) is 18.4 Å². The highest BCUT2D eigenvalue weighted by Gasteiger charge is 2.19. The molecule has 132 valence electrons. The lowest BCUT2D eigenvalue weighted by molar-refractivity contribution is 0.159. The molecule has 0 fully saturated rings. The topological polar surface area (TPSA) is 72.7 Å². The Morgan fingerprint density at radius 3 is 1.96 bits per heavy atom. The van der Waals surface area contributed by atoms with Crippen molar-refractivity contribution in [2.24, 2.45) is 0 Å². The first-order valence-corrected chi connectivity index (χ1v) is 7.86. The van der Waals surface area contributed by atoms with E-state index in [1.807, 2.05) is 12.1 Å². The molecule has 0 saturated heterocycles. The number of phenolic OH excluding ortho intramolecular Hbond substituents is 2. The number of aliphatic hydroxyl groups excluding tert-OH is 1. The van der Waals surface area contributed by atoms with Gasteiger partial charge in [-0.05, 0) is 62.1 Å². The van der Waals surface area contributed by atoms with E-state index in [2.05, 4.69) is 19.2 Å². The summed E-state index contributed by atoms with van der Waals surface area (Å²) < 4.78 is 0. The van der Waals surface area contributed by atoms with Crippen LogP contribution in [0.15, 0.2) is 48.5 Å². The summed E-state index contributed by atoms with van der Waals surface area (Å²) in [5.74, 6) is 0.478. The molecule has 0 spiro atoms. The Morgan fingerprint density at radius 2 is 1.42 bits per heavy atom. The molecule has 0 aliphatic rings. The maximum absolute atomic E-state index is 10.2. The van der Waals surface area contributed by atoms with Gasteiger partial charge in [0.1, 0.15) is 11.5 Å². The minimum Gasteiger partial charge on any atom is -0.508 e. The Balaban J connectivity index is 0.00000288. The van der Waals surface area contributed by atoms with Crippen LogP contribution in [0.2, 0.25) is 0 Å². The average Bonchev–Trinajstić information content (AvgIpc) is 2.53. The van der Waals surface area contributed by atoms with E-state index in [-0.39, 0.29) is 29.4 Å². The van der Waals surface area contributed by atoms with Crippen LogP contribution in [0.3, 0.4) is 0 Å². The zero-order valence-electron chi connectivity index (χ0n) is 14.1. The van der Waals surface area contributed by atoms with Crippen LogP contribution in [0.1, 0.15) is 37.5 Å². The van der Waals surface area contributed by atoms with Crippen LogP contribution in [0.4, 0.5) is 0 Å². The van der Waals surface area contributed by atoms with Gasteiger partial charge in [0.2, 0.25) is 0 Å². The molecule has 24 heavy (non-hydrogen) atoms. The molecule has 0 aliphatic heterocycles. The fourth-order valence-corrected chi connectivity index (χ4v) is 2.40. The lowest BCUT2D eigenvalue weighted by Gasteiger charge is -2.28. The summed E-state index contributed by atoms with van der Waals surface area (Å²) in [7, 11) is 0. The van der Waals surface area contributed by atoms with Gasteiger partial charge in [-0.25, -0.2) is 0 Å². The fourth-order valence-electron chi connectivity index (χ4n) is 2.40. The maximum Gasteiger partial charge on any atom is 0.115 e. The first-order chi connectivity index (χ1) is 10.9. The van der Waals surface area contributed by atoms with Crippen LogP contribution in [0, 0.1) is 0 Å². The van der Waals surface area contributed by atoms with Crippen LogP contribution < -0.4 is 5.32 Å². The zero-order valence-corrected chi connectivity index (χ0v) is 14.9. The monoisotopic (exact) mass is 351 g/mol. The van der Waals surface area contributed by atoms with Gasteiger partial charge < -0.3 is 20.6 Å². The summed E-state index contributed by atoms with van der Waals surface area (Å²) in [6.45, 7) is 4.67. The minimum absolute atomic E-state index is 0. The molecule has 0 radical (unpaired) electrons. The molecule has 2 aromatic rings. The molecule has 2 aromatic carbocycles. The predicted molar refractivity (Wildman–Crippen MR) is 98.8 cm³/mol. The highest BCUT2D eigenvalue weighted by atomic mass is 35.5. The number of aliphatic hydroxyl groups is 1. The molecule has 0 amide bonds. The van der Waals surface area contributed by atoms with Gasteiger partial charge in [0, 0.05) is 12.1 Å². The number of β-amino-alcohol motifs (C(OH)–C–C–N with tert-alkyl or cyclic N) is 1. The van der Waals surface area contributed by atoms with Crippen molar-refractivity contribution >= 4 is 12.4 Å². The van der Waals surface area contributed by atoms with E-state index in [4.69, 9.17) is 0 Å². The normalized spacial score (nSPS) is 12.5. The number of hydrogen-bond acceptors (Lipinski definition) is 4. The number of hydrogen-bond donors (Lipinski definition) is 4. The molecule has 0 saturated carbocycles. The summed E-state index contributed by atoms with van der Waals surface area (Å²) in [4.78, 5) is 0. The second-order valence-corrected chi connectivity index (χ2v) is 6.54. The molecule has 0 heterocycles. The summed E-state index contributed by atoms with van der Waals surface area (Å²) in [6.07, 6.45) is 1.21. The first kappa shape index (κ1) is 20.3. The van der Waals surface area contributed by atoms with Gasteiger partial charge in [0.15, 0.2) is 0 Å². The third-order valence-corrected chi connectivity index (χ3v) is 4.03. The van der Waals surface area contributed by atoms with Crippen molar-refractivity contribution in [1.29, 1.82) is 0 Å². The molecule has 0 aromatic heterocycles. The molecule has 2 rings (SSSR count). The van der Waals surface area contributed by atoms with Crippen LogP contribution >= 0.6 is 12.4 Å². The fraction of sp³-hybridized carbons (Fsp3) is 0.368. The molecular weight excluding hydrogens is 326 g/mol. The number of rotatable bonds is 7. The standard InChI is InChI=1S/C19H25NO3.ClH/c1-19(2,12-11-14-3-7-16(21)8-4-14)20-13-18(23)15-5-9-17(22)10-6-15;/h3-10,18,20-23H,11-13H2,1-2H3;1H. The van der Waals surface area contributed by atoms with Crippen LogP contribution in [-0.4, -0.2) is 27.4 Å². The van der Waals surface area contributed by atoms with E-state index in [9.17, 15) is 15.3 Å². The number of aryl methyl sites for hydroxylation is 1. The lowest BCUT2D eigenvalue weighted by atomic mass is 9.94. The van der Waals surface area contributed by atoms with Gasteiger partial charge in [0.05, 0.1) is 6.10 Å². The van der Waals surface area contributed by atoms with E-state index in [1.165, 1.54) is 5.56 Å². The third kappa shape index (κ3) is 6.40. The number of phenols is 2. The smallest absolute Gasteiger partial charge is 0.115 e. The van der Waals surface area contributed by atoms with Crippen molar-refractivity contribution in [3.63, 3.8) is 0 Å². The number of benzene rings is 2. The van der Waals surface area contributed by atoms with E-state index >= 15 is 0 Å².